The van der Waals surface area contributed by atoms with E-state index in [2.05, 4.69) is 30.3 Å². The van der Waals surface area contributed by atoms with Gasteiger partial charge in [-0.3, -0.25) is 4.90 Å². The van der Waals surface area contributed by atoms with Crippen molar-refractivity contribution < 1.29 is 0 Å². The number of halogens is 2. The maximum atomic E-state index is 6.43. The summed E-state index contributed by atoms with van der Waals surface area (Å²) in [5, 5.41) is 4.99. The molecule has 3 rings (SSSR count). The lowest BCUT2D eigenvalue weighted by atomic mass is 9.80. The third kappa shape index (κ3) is 3.10. The van der Waals surface area contributed by atoms with Crippen molar-refractivity contribution >= 4 is 23.2 Å². The quantitative estimate of drug-likeness (QED) is 0.869. The van der Waals surface area contributed by atoms with Gasteiger partial charge in [0.15, 0.2) is 0 Å². The molecule has 3 atom stereocenters. The van der Waals surface area contributed by atoms with E-state index in [-0.39, 0.29) is 0 Å². The molecule has 4 heteroatoms. The molecule has 1 aromatic carbocycles. The zero-order valence-electron chi connectivity index (χ0n) is 12.8. The van der Waals surface area contributed by atoms with Crippen LogP contribution in [0.3, 0.4) is 0 Å². The summed E-state index contributed by atoms with van der Waals surface area (Å²) in [7, 11) is 2.09. The zero-order valence-corrected chi connectivity index (χ0v) is 14.3. The first-order valence-electron chi connectivity index (χ1n) is 7.99. The van der Waals surface area contributed by atoms with Gasteiger partial charge in [-0.05, 0) is 57.4 Å². The van der Waals surface area contributed by atoms with Gasteiger partial charge in [-0.25, -0.2) is 0 Å². The standard InChI is InChI=1S/C17H24Cl2N2/c1-11(16-7-6-12(18)8-17(16)19)21-14-4-3-5-15(21)10-13(9-14)20-2/h6-8,11,13-15,20H,3-5,9-10H2,1-2H3. The van der Waals surface area contributed by atoms with Crippen molar-refractivity contribution in [3.8, 4) is 0 Å². The number of rotatable bonds is 3. The predicted molar refractivity (Wildman–Crippen MR) is 90.2 cm³/mol. The molecule has 2 aliphatic rings. The van der Waals surface area contributed by atoms with Gasteiger partial charge in [0.25, 0.3) is 0 Å². The molecule has 1 N–H and O–H groups in total. The highest BCUT2D eigenvalue weighted by Crippen LogP contribution is 2.41. The predicted octanol–water partition coefficient (Wildman–Crippen LogP) is 4.66. The van der Waals surface area contributed by atoms with Crippen LogP contribution in [0, 0.1) is 0 Å². The molecular formula is C17H24Cl2N2. The second-order valence-electron chi connectivity index (χ2n) is 6.48. The van der Waals surface area contributed by atoms with Crippen LogP contribution in [-0.4, -0.2) is 30.1 Å². The second-order valence-corrected chi connectivity index (χ2v) is 7.33. The molecular weight excluding hydrogens is 303 g/mol. The van der Waals surface area contributed by atoms with E-state index in [1.807, 2.05) is 12.1 Å². The maximum Gasteiger partial charge on any atom is 0.0468 e. The monoisotopic (exact) mass is 326 g/mol. The van der Waals surface area contributed by atoms with Crippen molar-refractivity contribution in [2.24, 2.45) is 0 Å². The van der Waals surface area contributed by atoms with E-state index in [0.29, 0.717) is 29.2 Å². The van der Waals surface area contributed by atoms with E-state index < -0.39 is 0 Å². The topological polar surface area (TPSA) is 15.3 Å². The fourth-order valence-electron chi connectivity index (χ4n) is 4.29. The highest BCUT2D eigenvalue weighted by Gasteiger charge is 2.40. The smallest absolute Gasteiger partial charge is 0.0468 e. The maximum absolute atomic E-state index is 6.43. The van der Waals surface area contributed by atoms with E-state index in [4.69, 9.17) is 23.2 Å². The number of benzene rings is 1. The van der Waals surface area contributed by atoms with Crippen LogP contribution in [0.4, 0.5) is 0 Å². The summed E-state index contributed by atoms with van der Waals surface area (Å²) in [5.74, 6) is 0. The number of hydrogen-bond donors (Lipinski definition) is 1. The van der Waals surface area contributed by atoms with E-state index >= 15 is 0 Å². The van der Waals surface area contributed by atoms with Gasteiger partial charge < -0.3 is 5.32 Å². The molecule has 2 heterocycles. The van der Waals surface area contributed by atoms with Gasteiger partial charge in [0.1, 0.15) is 0 Å². The number of piperidine rings is 2. The van der Waals surface area contributed by atoms with Crippen LogP contribution < -0.4 is 5.32 Å². The highest BCUT2D eigenvalue weighted by molar-refractivity contribution is 6.35. The largest absolute Gasteiger partial charge is 0.317 e. The van der Waals surface area contributed by atoms with Gasteiger partial charge in [-0.1, -0.05) is 35.7 Å². The normalized spacial score (nSPS) is 31.1. The molecule has 3 unspecified atom stereocenters. The highest BCUT2D eigenvalue weighted by atomic mass is 35.5. The van der Waals surface area contributed by atoms with Crippen LogP contribution >= 0.6 is 23.2 Å². The molecule has 0 aliphatic carbocycles. The average molecular weight is 327 g/mol. The van der Waals surface area contributed by atoms with E-state index in [1.165, 1.54) is 37.7 Å². The molecule has 116 valence electrons. The average Bonchev–Trinajstić information content (AvgIpc) is 2.45. The Morgan fingerprint density at radius 1 is 1.19 bits per heavy atom. The summed E-state index contributed by atoms with van der Waals surface area (Å²) in [6.45, 7) is 2.29. The van der Waals surface area contributed by atoms with Crippen LogP contribution in [0.5, 0.6) is 0 Å². The van der Waals surface area contributed by atoms with Crippen LogP contribution in [-0.2, 0) is 0 Å². The molecule has 2 nitrogen and oxygen atoms in total. The number of nitrogens with one attached hydrogen (secondary N) is 1. The Kier molecular flexibility index (Phi) is 4.80. The fourth-order valence-corrected chi connectivity index (χ4v) is 4.85. The Labute approximate surface area is 137 Å². The molecule has 21 heavy (non-hydrogen) atoms. The number of hydrogen-bond acceptors (Lipinski definition) is 2. The summed E-state index contributed by atoms with van der Waals surface area (Å²) >= 11 is 12.5. The molecule has 0 spiro atoms. The first-order valence-corrected chi connectivity index (χ1v) is 8.75. The van der Waals surface area contributed by atoms with Crippen molar-refractivity contribution in [2.45, 2.75) is 63.2 Å². The first kappa shape index (κ1) is 15.6. The molecule has 0 radical (unpaired) electrons. The lowest BCUT2D eigenvalue weighted by Crippen LogP contribution is -2.56. The van der Waals surface area contributed by atoms with Crippen molar-refractivity contribution in [2.75, 3.05) is 7.05 Å². The van der Waals surface area contributed by atoms with E-state index in [1.54, 1.807) is 0 Å². The van der Waals surface area contributed by atoms with Gasteiger partial charge in [0.05, 0.1) is 0 Å². The Morgan fingerprint density at radius 3 is 2.43 bits per heavy atom. The van der Waals surface area contributed by atoms with Gasteiger partial charge in [-0.15, -0.1) is 0 Å². The van der Waals surface area contributed by atoms with E-state index in [9.17, 15) is 0 Å². The Hall–Kier alpha value is -0.280. The van der Waals surface area contributed by atoms with Crippen molar-refractivity contribution in [1.82, 2.24) is 10.2 Å². The molecule has 0 saturated carbocycles. The molecule has 1 aromatic rings. The molecule has 2 bridgehead atoms. The summed E-state index contributed by atoms with van der Waals surface area (Å²) in [4.78, 5) is 2.71. The Balaban J connectivity index is 1.85. The zero-order chi connectivity index (χ0) is 15.0. The fraction of sp³-hybridized carbons (Fsp3) is 0.647. The first-order chi connectivity index (χ1) is 10.1. The van der Waals surface area contributed by atoms with Gasteiger partial charge >= 0.3 is 0 Å². The number of nitrogens with zero attached hydrogens (tertiary/aromatic N) is 1. The molecule has 2 fully saturated rings. The van der Waals surface area contributed by atoms with Crippen LogP contribution in [0.2, 0.25) is 10.0 Å². The third-order valence-corrected chi connectivity index (χ3v) is 5.86. The summed E-state index contributed by atoms with van der Waals surface area (Å²) in [6.07, 6.45) is 6.49. The third-order valence-electron chi connectivity index (χ3n) is 5.30. The van der Waals surface area contributed by atoms with Crippen molar-refractivity contribution in [3.05, 3.63) is 33.8 Å². The Morgan fingerprint density at radius 2 is 1.86 bits per heavy atom. The molecule has 0 aromatic heterocycles. The molecule has 0 amide bonds. The van der Waals surface area contributed by atoms with Crippen LogP contribution in [0.15, 0.2) is 18.2 Å². The van der Waals surface area contributed by atoms with Crippen molar-refractivity contribution in [3.63, 3.8) is 0 Å². The van der Waals surface area contributed by atoms with E-state index in [0.717, 1.165) is 5.02 Å². The van der Waals surface area contributed by atoms with Gasteiger partial charge in [-0.2, -0.15) is 0 Å². The number of fused-ring (bicyclic) bond motifs is 2. The molecule has 2 aliphatic heterocycles. The molecule has 2 saturated heterocycles. The van der Waals surface area contributed by atoms with Crippen molar-refractivity contribution in [1.29, 1.82) is 0 Å². The lowest BCUT2D eigenvalue weighted by Gasteiger charge is -2.51. The summed E-state index contributed by atoms with van der Waals surface area (Å²) < 4.78 is 0. The minimum atomic E-state index is 0.364. The lowest BCUT2D eigenvalue weighted by molar-refractivity contribution is -0.00512. The van der Waals surface area contributed by atoms with Crippen LogP contribution in [0.1, 0.15) is 50.6 Å². The van der Waals surface area contributed by atoms with Gasteiger partial charge in [0.2, 0.25) is 0 Å². The summed E-state index contributed by atoms with van der Waals surface area (Å²) in [5.41, 5.74) is 1.21. The summed E-state index contributed by atoms with van der Waals surface area (Å²) in [6, 6.07) is 8.30. The minimum absolute atomic E-state index is 0.364. The SMILES string of the molecule is CNC1CC2CCCC(C1)N2C(C)c1ccc(Cl)cc1Cl. The van der Waals surface area contributed by atoms with Gasteiger partial charge in [0, 0.05) is 34.2 Å². The second kappa shape index (κ2) is 6.45. The minimum Gasteiger partial charge on any atom is -0.317 e. The Bertz CT molecular complexity index is 492. The van der Waals surface area contributed by atoms with Crippen LogP contribution in [0.25, 0.3) is 0 Å².